The van der Waals surface area contributed by atoms with Crippen molar-refractivity contribution in [2.75, 3.05) is 0 Å². The van der Waals surface area contributed by atoms with Gasteiger partial charge in [0.05, 0.1) is 4.88 Å². The smallest absolute Gasteiger partial charge is 0.326 e. The molecular weight excluding hydrogens is 263 g/mol. The second-order valence-corrected chi connectivity index (χ2v) is 4.77. The zero-order valence-electron chi connectivity index (χ0n) is 9.45. The number of halogens is 3. The molecule has 2 heterocycles. The Morgan fingerprint density at radius 3 is 2.61 bits per heavy atom. The summed E-state index contributed by atoms with van der Waals surface area (Å²) in [6.07, 6.45) is -1.35. The molecule has 0 spiro atoms. The van der Waals surface area contributed by atoms with Gasteiger partial charge < -0.3 is 5.73 Å². The quantitative estimate of drug-likeness (QED) is 0.915. The number of aromatic nitrogens is 2. The Morgan fingerprint density at radius 1 is 1.39 bits per heavy atom. The van der Waals surface area contributed by atoms with Gasteiger partial charge in [-0.1, -0.05) is 0 Å². The van der Waals surface area contributed by atoms with E-state index in [0.717, 1.165) is 16.9 Å². The van der Waals surface area contributed by atoms with Crippen LogP contribution in [0.3, 0.4) is 0 Å². The number of aryl methyl sites for hydroxylation is 1. The van der Waals surface area contributed by atoms with Crippen LogP contribution in [-0.4, -0.2) is 9.97 Å². The molecule has 0 saturated heterocycles. The first kappa shape index (κ1) is 13.0. The Hall–Kier alpha value is -1.47. The van der Waals surface area contributed by atoms with Gasteiger partial charge in [0.1, 0.15) is 5.01 Å². The van der Waals surface area contributed by atoms with E-state index in [9.17, 15) is 13.2 Å². The normalized spacial score (nSPS) is 11.8. The Labute approximate surface area is 105 Å². The summed E-state index contributed by atoms with van der Waals surface area (Å²) in [4.78, 5) is 7.62. The molecule has 0 unspecified atom stereocenters. The lowest BCUT2D eigenvalue weighted by Gasteiger charge is -2.03. The van der Waals surface area contributed by atoms with E-state index < -0.39 is 11.9 Å². The minimum absolute atomic E-state index is 0.0497. The highest BCUT2D eigenvalue weighted by molar-refractivity contribution is 7.15. The summed E-state index contributed by atoms with van der Waals surface area (Å²) in [6.45, 7) is 1.61. The highest BCUT2D eigenvalue weighted by Gasteiger charge is 2.37. The number of nitrogens with zero attached hydrogens (tertiary/aromatic N) is 2. The van der Waals surface area contributed by atoms with Gasteiger partial charge in [-0.2, -0.15) is 13.2 Å². The summed E-state index contributed by atoms with van der Waals surface area (Å²) < 4.78 is 38.2. The molecular formula is C11H10F3N3S. The topological polar surface area (TPSA) is 51.8 Å². The van der Waals surface area contributed by atoms with Crippen molar-refractivity contribution in [1.29, 1.82) is 0 Å². The molecule has 18 heavy (non-hydrogen) atoms. The van der Waals surface area contributed by atoms with Crippen molar-refractivity contribution in [3.8, 4) is 10.6 Å². The molecule has 2 rings (SSSR count). The predicted octanol–water partition coefficient (Wildman–Crippen LogP) is 2.99. The van der Waals surface area contributed by atoms with E-state index in [-0.39, 0.29) is 11.4 Å². The van der Waals surface area contributed by atoms with Crippen LogP contribution in [0.25, 0.3) is 10.6 Å². The van der Waals surface area contributed by atoms with E-state index in [1.165, 1.54) is 6.20 Å². The maximum absolute atomic E-state index is 12.7. The first-order chi connectivity index (χ1) is 8.43. The van der Waals surface area contributed by atoms with Crippen LogP contribution in [0, 0.1) is 6.92 Å². The SMILES string of the molecule is Cc1cnccc1-c1nc(C(F)(F)F)c(CN)s1. The van der Waals surface area contributed by atoms with Gasteiger partial charge in [-0.3, -0.25) is 4.98 Å². The highest BCUT2D eigenvalue weighted by atomic mass is 32.1. The van der Waals surface area contributed by atoms with Gasteiger partial charge in [-0.25, -0.2) is 4.98 Å². The highest BCUT2D eigenvalue weighted by Crippen LogP contribution is 2.37. The van der Waals surface area contributed by atoms with Gasteiger partial charge in [0, 0.05) is 24.5 Å². The molecule has 0 saturated carbocycles. The van der Waals surface area contributed by atoms with E-state index in [4.69, 9.17) is 5.73 Å². The van der Waals surface area contributed by atoms with Crippen LogP contribution in [0.15, 0.2) is 18.5 Å². The van der Waals surface area contributed by atoms with Crippen LogP contribution in [-0.2, 0) is 12.7 Å². The Kier molecular flexibility index (Phi) is 3.36. The molecule has 0 amide bonds. The summed E-state index contributed by atoms with van der Waals surface area (Å²) in [5, 5.41) is 0.322. The average Bonchev–Trinajstić information content (AvgIpc) is 2.73. The summed E-state index contributed by atoms with van der Waals surface area (Å²) in [5.41, 5.74) is 5.88. The maximum Gasteiger partial charge on any atom is 0.434 e. The third-order valence-electron chi connectivity index (χ3n) is 2.40. The Bertz CT molecular complexity index is 563. The van der Waals surface area contributed by atoms with E-state index in [1.54, 1.807) is 19.2 Å². The fraction of sp³-hybridized carbons (Fsp3) is 0.273. The molecule has 0 fully saturated rings. The van der Waals surface area contributed by atoms with Crippen molar-refractivity contribution < 1.29 is 13.2 Å². The monoisotopic (exact) mass is 273 g/mol. The van der Waals surface area contributed by atoms with Crippen molar-refractivity contribution in [3.05, 3.63) is 34.6 Å². The molecule has 0 atom stereocenters. The lowest BCUT2D eigenvalue weighted by Crippen LogP contribution is -2.10. The number of alkyl halides is 3. The number of rotatable bonds is 2. The molecule has 0 bridgehead atoms. The molecule has 0 aliphatic rings. The number of thiazole rings is 1. The Morgan fingerprint density at radius 2 is 2.11 bits per heavy atom. The summed E-state index contributed by atoms with van der Waals surface area (Å²) >= 11 is 0.970. The van der Waals surface area contributed by atoms with Crippen LogP contribution >= 0.6 is 11.3 Å². The second kappa shape index (κ2) is 4.66. The summed E-state index contributed by atoms with van der Waals surface area (Å²) in [7, 11) is 0. The predicted molar refractivity (Wildman–Crippen MR) is 63.0 cm³/mol. The zero-order chi connectivity index (χ0) is 13.3. The first-order valence-corrected chi connectivity index (χ1v) is 5.93. The third kappa shape index (κ3) is 2.37. The molecule has 0 radical (unpaired) electrons. The number of pyridine rings is 1. The van der Waals surface area contributed by atoms with Gasteiger partial charge in [-0.15, -0.1) is 11.3 Å². The van der Waals surface area contributed by atoms with Crippen LogP contribution in [0.1, 0.15) is 16.1 Å². The molecule has 0 aliphatic carbocycles. The van der Waals surface area contributed by atoms with Gasteiger partial charge >= 0.3 is 6.18 Å². The molecule has 7 heteroatoms. The molecule has 3 nitrogen and oxygen atoms in total. The van der Waals surface area contributed by atoms with E-state index in [0.29, 0.717) is 10.6 Å². The summed E-state index contributed by atoms with van der Waals surface area (Å²) in [6, 6.07) is 1.65. The minimum atomic E-state index is -4.47. The van der Waals surface area contributed by atoms with E-state index in [2.05, 4.69) is 9.97 Å². The molecule has 0 aromatic carbocycles. The fourth-order valence-electron chi connectivity index (χ4n) is 1.54. The lowest BCUT2D eigenvalue weighted by atomic mass is 10.2. The molecule has 2 N–H and O–H groups in total. The van der Waals surface area contributed by atoms with Crippen LogP contribution < -0.4 is 5.73 Å². The molecule has 2 aromatic rings. The van der Waals surface area contributed by atoms with Crippen molar-refractivity contribution in [1.82, 2.24) is 9.97 Å². The number of nitrogens with two attached hydrogens (primary N) is 1. The lowest BCUT2D eigenvalue weighted by molar-refractivity contribution is -0.141. The van der Waals surface area contributed by atoms with Crippen molar-refractivity contribution >= 4 is 11.3 Å². The fourth-order valence-corrected chi connectivity index (χ4v) is 2.59. The second-order valence-electron chi connectivity index (χ2n) is 3.68. The summed E-state index contributed by atoms with van der Waals surface area (Å²) in [5.74, 6) is 0. The van der Waals surface area contributed by atoms with Crippen molar-refractivity contribution in [2.45, 2.75) is 19.6 Å². The van der Waals surface area contributed by atoms with E-state index in [1.807, 2.05) is 0 Å². The minimum Gasteiger partial charge on any atom is -0.326 e. The van der Waals surface area contributed by atoms with Crippen LogP contribution in [0.4, 0.5) is 13.2 Å². The molecule has 96 valence electrons. The maximum atomic E-state index is 12.7. The van der Waals surface area contributed by atoms with Gasteiger partial charge in [0.2, 0.25) is 0 Å². The largest absolute Gasteiger partial charge is 0.434 e. The first-order valence-electron chi connectivity index (χ1n) is 5.11. The van der Waals surface area contributed by atoms with Crippen LogP contribution in [0.5, 0.6) is 0 Å². The average molecular weight is 273 g/mol. The Balaban J connectivity index is 2.55. The zero-order valence-corrected chi connectivity index (χ0v) is 10.3. The van der Waals surface area contributed by atoms with E-state index >= 15 is 0 Å². The number of hydrogen-bond acceptors (Lipinski definition) is 4. The molecule has 2 aromatic heterocycles. The van der Waals surface area contributed by atoms with Gasteiger partial charge in [-0.05, 0) is 18.6 Å². The standard InChI is InChI=1S/C11H10F3N3S/c1-6-5-16-3-2-7(6)10-17-9(11(12,13)14)8(4-15)18-10/h2-3,5H,4,15H2,1H3. The third-order valence-corrected chi connectivity index (χ3v) is 3.51. The van der Waals surface area contributed by atoms with Gasteiger partial charge in [0.25, 0.3) is 0 Å². The van der Waals surface area contributed by atoms with Crippen molar-refractivity contribution in [2.24, 2.45) is 5.73 Å². The van der Waals surface area contributed by atoms with Crippen molar-refractivity contribution in [3.63, 3.8) is 0 Å². The molecule has 0 aliphatic heterocycles. The number of hydrogen-bond donors (Lipinski definition) is 1. The van der Waals surface area contributed by atoms with Gasteiger partial charge in [0.15, 0.2) is 5.69 Å². The van der Waals surface area contributed by atoms with Crippen LogP contribution in [0.2, 0.25) is 0 Å².